The minimum atomic E-state index is 0.0696. The Hall–Kier alpha value is -0.360. The van der Waals surface area contributed by atoms with E-state index >= 15 is 0 Å². The average molecular weight is 288 g/mol. The summed E-state index contributed by atoms with van der Waals surface area (Å²) in [6, 6.07) is 0. The maximum Gasteiger partial charge on any atom is 0.252 e. The van der Waals surface area contributed by atoms with Crippen molar-refractivity contribution in [1.29, 1.82) is 0 Å². The van der Waals surface area contributed by atoms with E-state index in [0.29, 0.717) is 23.3 Å². The van der Waals surface area contributed by atoms with E-state index in [1.165, 1.54) is 0 Å². The fraction of sp³-hybridized carbons (Fsp3) is 0.833. The fourth-order valence-electron chi connectivity index (χ4n) is 2.31. The third-order valence-electron chi connectivity index (χ3n) is 3.12. The number of carbonyl (C=O) groups excluding carboxylic acids is 2. The standard InChI is InChI=1S/C12H20N2O2S2/c1-7(2)11-13(9(15)5-17-11)14-10(16)6-18-12(14)8(3)4/h7-8,11-12H,5-6H2,1-4H3. The number of hydrogen-bond donors (Lipinski definition) is 0. The summed E-state index contributed by atoms with van der Waals surface area (Å²) < 4.78 is 0. The Kier molecular flexibility index (Phi) is 4.16. The molecule has 0 spiro atoms. The first-order chi connectivity index (χ1) is 8.43. The molecule has 2 amide bonds. The lowest BCUT2D eigenvalue weighted by atomic mass is 10.2. The van der Waals surface area contributed by atoms with Gasteiger partial charge in [0.25, 0.3) is 11.8 Å². The molecule has 2 atom stereocenters. The van der Waals surface area contributed by atoms with Crippen LogP contribution in [0.1, 0.15) is 27.7 Å². The van der Waals surface area contributed by atoms with Gasteiger partial charge in [0.1, 0.15) is 10.7 Å². The molecule has 2 aliphatic rings. The van der Waals surface area contributed by atoms with Gasteiger partial charge in [-0.05, 0) is 11.8 Å². The molecule has 2 rings (SSSR count). The van der Waals surface area contributed by atoms with Gasteiger partial charge in [-0.2, -0.15) is 0 Å². The summed E-state index contributed by atoms with van der Waals surface area (Å²) in [7, 11) is 0. The average Bonchev–Trinajstić information content (AvgIpc) is 2.81. The zero-order valence-corrected chi connectivity index (χ0v) is 12.9. The van der Waals surface area contributed by atoms with Crippen molar-refractivity contribution in [2.75, 3.05) is 11.5 Å². The highest BCUT2D eigenvalue weighted by atomic mass is 32.2. The van der Waals surface area contributed by atoms with Crippen molar-refractivity contribution >= 4 is 35.3 Å². The molecule has 4 nitrogen and oxygen atoms in total. The summed E-state index contributed by atoms with van der Waals surface area (Å²) in [4.78, 5) is 24.2. The Bertz CT molecular complexity index is 326. The molecule has 0 aromatic rings. The van der Waals surface area contributed by atoms with Crippen LogP contribution in [0.25, 0.3) is 0 Å². The van der Waals surface area contributed by atoms with Crippen LogP contribution in [0, 0.1) is 11.8 Å². The molecule has 0 bridgehead atoms. The second kappa shape index (κ2) is 5.33. The zero-order valence-electron chi connectivity index (χ0n) is 11.3. The van der Waals surface area contributed by atoms with E-state index in [9.17, 15) is 9.59 Å². The number of carbonyl (C=O) groups is 2. The second-order valence-corrected chi connectivity index (χ2v) is 7.58. The minimum Gasteiger partial charge on any atom is -0.272 e. The molecule has 0 saturated carbocycles. The van der Waals surface area contributed by atoms with Crippen LogP contribution >= 0.6 is 23.5 Å². The Labute approximate surface area is 117 Å². The monoisotopic (exact) mass is 288 g/mol. The summed E-state index contributed by atoms with van der Waals surface area (Å²) >= 11 is 3.29. The molecule has 0 N–H and O–H groups in total. The summed E-state index contributed by atoms with van der Waals surface area (Å²) in [5.41, 5.74) is 0. The molecule has 0 aromatic heterocycles. The highest BCUT2D eigenvalue weighted by Gasteiger charge is 2.46. The molecule has 2 aliphatic heterocycles. The first kappa shape index (κ1) is 14.1. The smallest absolute Gasteiger partial charge is 0.252 e. The number of nitrogens with zero attached hydrogens (tertiary/aromatic N) is 2. The number of hydrazine groups is 1. The van der Waals surface area contributed by atoms with E-state index in [0.717, 1.165) is 0 Å². The van der Waals surface area contributed by atoms with Crippen molar-refractivity contribution in [3.63, 3.8) is 0 Å². The van der Waals surface area contributed by atoms with Gasteiger partial charge < -0.3 is 0 Å². The van der Waals surface area contributed by atoms with Gasteiger partial charge in [0, 0.05) is 0 Å². The van der Waals surface area contributed by atoms with Crippen LogP contribution < -0.4 is 0 Å². The molecule has 6 heteroatoms. The predicted molar refractivity (Wildman–Crippen MR) is 75.9 cm³/mol. The van der Waals surface area contributed by atoms with E-state index in [1.54, 1.807) is 33.5 Å². The van der Waals surface area contributed by atoms with Gasteiger partial charge in [-0.3, -0.25) is 9.59 Å². The Balaban J connectivity index is 2.26. The zero-order chi connectivity index (χ0) is 13.4. The lowest BCUT2D eigenvalue weighted by Gasteiger charge is -2.38. The number of amides is 2. The van der Waals surface area contributed by atoms with Crippen LogP contribution in [0.2, 0.25) is 0 Å². The van der Waals surface area contributed by atoms with Gasteiger partial charge in [0.2, 0.25) is 0 Å². The molecule has 2 fully saturated rings. The highest BCUT2D eigenvalue weighted by Crippen LogP contribution is 2.39. The van der Waals surface area contributed by atoms with Gasteiger partial charge in [-0.1, -0.05) is 27.7 Å². The third-order valence-corrected chi connectivity index (χ3v) is 6.12. The molecule has 18 heavy (non-hydrogen) atoms. The molecule has 0 radical (unpaired) electrons. The Morgan fingerprint density at radius 3 is 1.50 bits per heavy atom. The van der Waals surface area contributed by atoms with Crippen LogP contribution in [-0.4, -0.2) is 44.1 Å². The number of thioether (sulfide) groups is 2. The van der Waals surface area contributed by atoms with E-state index in [1.807, 2.05) is 0 Å². The van der Waals surface area contributed by atoms with E-state index < -0.39 is 0 Å². The fourth-order valence-corrected chi connectivity index (χ4v) is 4.69. The largest absolute Gasteiger partial charge is 0.272 e. The van der Waals surface area contributed by atoms with Gasteiger partial charge in [-0.25, -0.2) is 10.0 Å². The minimum absolute atomic E-state index is 0.0696. The van der Waals surface area contributed by atoms with Crippen LogP contribution in [0.4, 0.5) is 0 Å². The van der Waals surface area contributed by atoms with E-state index in [4.69, 9.17) is 0 Å². The SMILES string of the molecule is CC(C)C1SCC(=O)N1N1C(=O)CSC1C(C)C. The molecular weight excluding hydrogens is 268 g/mol. The van der Waals surface area contributed by atoms with Crippen molar-refractivity contribution < 1.29 is 9.59 Å². The number of rotatable bonds is 3. The van der Waals surface area contributed by atoms with Crippen molar-refractivity contribution in [1.82, 2.24) is 10.0 Å². The van der Waals surface area contributed by atoms with Crippen molar-refractivity contribution in [3.05, 3.63) is 0 Å². The maximum atomic E-state index is 12.1. The summed E-state index contributed by atoms with van der Waals surface area (Å²) in [6.45, 7) is 8.39. The summed E-state index contributed by atoms with van der Waals surface area (Å²) in [6.07, 6.45) is 0. The van der Waals surface area contributed by atoms with Crippen LogP contribution in [0.5, 0.6) is 0 Å². The number of hydrogen-bond acceptors (Lipinski definition) is 4. The first-order valence-electron chi connectivity index (χ1n) is 6.30. The molecule has 0 aromatic carbocycles. The van der Waals surface area contributed by atoms with E-state index in [2.05, 4.69) is 27.7 Å². The topological polar surface area (TPSA) is 40.6 Å². The van der Waals surface area contributed by atoms with Gasteiger partial charge in [-0.15, -0.1) is 23.5 Å². The Morgan fingerprint density at radius 2 is 1.22 bits per heavy atom. The maximum absolute atomic E-state index is 12.1. The van der Waals surface area contributed by atoms with Crippen LogP contribution in [0.15, 0.2) is 0 Å². The van der Waals surface area contributed by atoms with Crippen LogP contribution in [0.3, 0.4) is 0 Å². The normalized spacial score (nSPS) is 29.2. The molecule has 2 saturated heterocycles. The highest BCUT2D eigenvalue weighted by molar-refractivity contribution is 8.01. The summed E-state index contributed by atoms with van der Waals surface area (Å²) in [5, 5.41) is 3.65. The molecular formula is C12H20N2O2S2. The Morgan fingerprint density at radius 1 is 0.889 bits per heavy atom. The van der Waals surface area contributed by atoms with Crippen molar-refractivity contribution in [2.45, 2.75) is 38.4 Å². The van der Waals surface area contributed by atoms with Gasteiger partial charge in [0.05, 0.1) is 11.5 Å². The van der Waals surface area contributed by atoms with Gasteiger partial charge in [0.15, 0.2) is 0 Å². The van der Waals surface area contributed by atoms with Crippen LogP contribution in [-0.2, 0) is 9.59 Å². The first-order valence-corrected chi connectivity index (χ1v) is 8.40. The van der Waals surface area contributed by atoms with Crippen molar-refractivity contribution in [2.24, 2.45) is 11.8 Å². The predicted octanol–water partition coefficient (Wildman–Crippen LogP) is 2.02. The second-order valence-electron chi connectivity index (χ2n) is 5.37. The molecule has 0 aliphatic carbocycles. The molecule has 102 valence electrons. The summed E-state index contributed by atoms with van der Waals surface area (Å²) in [5.74, 6) is 1.82. The molecule has 2 unspecified atom stereocenters. The third kappa shape index (κ3) is 2.37. The lowest BCUT2D eigenvalue weighted by molar-refractivity contribution is -0.163. The van der Waals surface area contributed by atoms with Gasteiger partial charge >= 0.3 is 0 Å². The quantitative estimate of drug-likeness (QED) is 0.796. The molecule has 2 heterocycles. The van der Waals surface area contributed by atoms with E-state index in [-0.39, 0.29) is 22.6 Å². The lowest BCUT2D eigenvalue weighted by Crippen LogP contribution is -2.54. The van der Waals surface area contributed by atoms with Crippen molar-refractivity contribution in [3.8, 4) is 0 Å².